The third-order valence-electron chi connectivity index (χ3n) is 3.82. The van der Waals surface area contributed by atoms with Crippen molar-refractivity contribution in [3.63, 3.8) is 0 Å². The van der Waals surface area contributed by atoms with Crippen LogP contribution in [0.15, 0.2) is 60.7 Å². The van der Waals surface area contributed by atoms with Crippen molar-refractivity contribution in [3.8, 4) is 0 Å². The Morgan fingerprint density at radius 3 is 2.22 bits per heavy atom. The minimum absolute atomic E-state index is 0.153. The highest BCUT2D eigenvalue weighted by Gasteiger charge is 2.11. The number of amides is 2. The van der Waals surface area contributed by atoms with E-state index in [0.29, 0.717) is 19.5 Å². The van der Waals surface area contributed by atoms with Crippen LogP contribution in [0, 0.1) is 0 Å². The van der Waals surface area contributed by atoms with Gasteiger partial charge >= 0.3 is 6.03 Å². The van der Waals surface area contributed by atoms with E-state index in [9.17, 15) is 9.90 Å². The number of nitrogens with one attached hydrogen (secondary N) is 2. The maximum atomic E-state index is 11.8. The minimum atomic E-state index is -0.162. The van der Waals surface area contributed by atoms with Gasteiger partial charge in [-0.25, -0.2) is 4.79 Å². The Labute approximate surface area is 137 Å². The molecule has 2 amide bonds. The Morgan fingerprint density at radius 2 is 1.57 bits per heavy atom. The van der Waals surface area contributed by atoms with E-state index in [4.69, 9.17) is 0 Å². The molecule has 0 aliphatic heterocycles. The van der Waals surface area contributed by atoms with Crippen LogP contribution < -0.4 is 10.6 Å². The highest BCUT2D eigenvalue weighted by atomic mass is 16.3. The van der Waals surface area contributed by atoms with Crippen molar-refractivity contribution in [1.29, 1.82) is 0 Å². The lowest BCUT2D eigenvalue weighted by Gasteiger charge is -2.16. The Bertz CT molecular complexity index is 572. The van der Waals surface area contributed by atoms with Crippen LogP contribution in [-0.2, 0) is 6.54 Å². The first-order valence-electron chi connectivity index (χ1n) is 8.01. The Hall–Kier alpha value is -2.33. The average Bonchev–Trinajstić information content (AvgIpc) is 2.61. The molecule has 0 fully saturated rings. The number of carbonyl (C=O) groups is 1. The molecule has 2 aromatic rings. The number of hydrogen-bond donors (Lipinski definition) is 3. The molecule has 0 aliphatic rings. The molecule has 4 nitrogen and oxygen atoms in total. The number of rotatable bonds is 8. The van der Waals surface area contributed by atoms with Crippen molar-refractivity contribution in [2.75, 3.05) is 13.2 Å². The van der Waals surface area contributed by atoms with Crippen LogP contribution in [0.25, 0.3) is 0 Å². The predicted molar refractivity (Wildman–Crippen MR) is 92.2 cm³/mol. The Morgan fingerprint density at radius 1 is 0.913 bits per heavy atom. The summed E-state index contributed by atoms with van der Waals surface area (Å²) in [5.74, 6) is 0.260. The zero-order valence-electron chi connectivity index (χ0n) is 13.2. The van der Waals surface area contributed by atoms with Gasteiger partial charge in [-0.3, -0.25) is 0 Å². The molecule has 0 aromatic heterocycles. The maximum Gasteiger partial charge on any atom is 0.315 e. The topological polar surface area (TPSA) is 61.4 Å². The molecule has 122 valence electrons. The molecule has 0 radical (unpaired) electrons. The van der Waals surface area contributed by atoms with Gasteiger partial charge in [0.25, 0.3) is 0 Å². The number of aliphatic hydroxyl groups excluding tert-OH is 1. The van der Waals surface area contributed by atoms with Gasteiger partial charge < -0.3 is 15.7 Å². The van der Waals surface area contributed by atoms with Gasteiger partial charge in [-0.05, 0) is 29.9 Å². The monoisotopic (exact) mass is 312 g/mol. The zero-order chi connectivity index (χ0) is 16.3. The van der Waals surface area contributed by atoms with Crippen molar-refractivity contribution < 1.29 is 9.90 Å². The molecule has 3 N–H and O–H groups in total. The Kier molecular flexibility index (Phi) is 7.14. The molecular formula is C19H24N2O2. The van der Waals surface area contributed by atoms with Crippen LogP contribution in [0.3, 0.4) is 0 Å². The summed E-state index contributed by atoms with van der Waals surface area (Å²) >= 11 is 0. The summed E-state index contributed by atoms with van der Waals surface area (Å²) in [6, 6.07) is 19.8. The van der Waals surface area contributed by atoms with E-state index >= 15 is 0 Å². The molecule has 0 heterocycles. The molecule has 4 heteroatoms. The average molecular weight is 312 g/mol. The van der Waals surface area contributed by atoms with Crippen LogP contribution in [-0.4, -0.2) is 24.3 Å². The number of urea groups is 1. The summed E-state index contributed by atoms with van der Waals surface area (Å²) in [5, 5.41) is 14.9. The van der Waals surface area contributed by atoms with E-state index in [1.807, 2.05) is 48.5 Å². The Balaban J connectivity index is 1.73. The van der Waals surface area contributed by atoms with Gasteiger partial charge in [0, 0.05) is 19.7 Å². The summed E-state index contributed by atoms with van der Waals surface area (Å²) in [4.78, 5) is 11.8. The largest absolute Gasteiger partial charge is 0.396 e. The summed E-state index contributed by atoms with van der Waals surface area (Å²) in [7, 11) is 0. The molecule has 0 spiro atoms. The van der Waals surface area contributed by atoms with E-state index in [-0.39, 0.29) is 18.6 Å². The first-order valence-corrected chi connectivity index (χ1v) is 8.01. The third-order valence-corrected chi connectivity index (χ3v) is 3.82. The van der Waals surface area contributed by atoms with Gasteiger partial charge in [0.1, 0.15) is 0 Å². The molecule has 1 atom stereocenters. The summed E-state index contributed by atoms with van der Waals surface area (Å²) in [5.41, 5.74) is 2.28. The van der Waals surface area contributed by atoms with Gasteiger partial charge in [-0.15, -0.1) is 0 Å². The van der Waals surface area contributed by atoms with Crippen molar-refractivity contribution >= 4 is 6.03 Å². The number of aliphatic hydroxyl groups is 1. The standard InChI is InChI=1S/C19H24N2O2/c22-14-12-18(17-9-5-2-6-10-17)11-13-20-19(23)21-15-16-7-3-1-4-8-16/h1-10,18,22H,11-15H2,(H2,20,21,23). The number of carbonyl (C=O) groups excluding carboxylic acids is 1. The third kappa shape index (κ3) is 6.12. The first kappa shape index (κ1) is 17.0. The lowest BCUT2D eigenvalue weighted by Crippen LogP contribution is -2.36. The zero-order valence-corrected chi connectivity index (χ0v) is 13.2. The smallest absolute Gasteiger partial charge is 0.315 e. The highest BCUT2D eigenvalue weighted by molar-refractivity contribution is 5.73. The van der Waals surface area contributed by atoms with Gasteiger partial charge in [0.05, 0.1) is 0 Å². The molecule has 0 aliphatic carbocycles. The molecule has 0 saturated carbocycles. The number of hydrogen-bond acceptors (Lipinski definition) is 2. The van der Waals surface area contributed by atoms with Gasteiger partial charge in [0.15, 0.2) is 0 Å². The summed E-state index contributed by atoms with van der Waals surface area (Å²) in [6.45, 7) is 1.26. The van der Waals surface area contributed by atoms with Crippen molar-refractivity contribution in [2.45, 2.75) is 25.3 Å². The van der Waals surface area contributed by atoms with E-state index in [1.165, 1.54) is 5.56 Å². The van der Waals surface area contributed by atoms with Crippen LogP contribution >= 0.6 is 0 Å². The van der Waals surface area contributed by atoms with E-state index in [2.05, 4.69) is 22.8 Å². The lowest BCUT2D eigenvalue weighted by molar-refractivity contribution is 0.239. The maximum absolute atomic E-state index is 11.8. The highest BCUT2D eigenvalue weighted by Crippen LogP contribution is 2.22. The fraction of sp³-hybridized carbons (Fsp3) is 0.316. The molecule has 1 unspecified atom stereocenters. The van der Waals surface area contributed by atoms with E-state index in [1.54, 1.807) is 0 Å². The molecule has 2 rings (SSSR count). The van der Waals surface area contributed by atoms with Crippen molar-refractivity contribution in [1.82, 2.24) is 10.6 Å². The quantitative estimate of drug-likeness (QED) is 0.701. The fourth-order valence-corrected chi connectivity index (χ4v) is 2.56. The van der Waals surface area contributed by atoms with Crippen LogP contribution in [0.5, 0.6) is 0 Å². The second kappa shape index (κ2) is 9.64. The lowest BCUT2D eigenvalue weighted by atomic mass is 9.93. The first-order chi connectivity index (χ1) is 11.3. The van der Waals surface area contributed by atoms with Crippen molar-refractivity contribution in [3.05, 3.63) is 71.8 Å². The van der Waals surface area contributed by atoms with Gasteiger partial charge in [-0.2, -0.15) is 0 Å². The summed E-state index contributed by atoms with van der Waals surface area (Å²) in [6.07, 6.45) is 1.51. The molecule has 0 bridgehead atoms. The van der Waals surface area contributed by atoms with E-state index < -0.39 is 0 Å². The van der Waals surface area contributed by atoms with Gasteiger partial charge in [-0.1, -0.05) is 60.7 Å². The summed E-state index contributed by atoms with van der Waals surface area (Å²) < 4.78 is 0. The van der Waals surface area contributed by atoms with Crippen molar-refractivity contribution in [2.24, 2.45) is 0 Å². The van der Waals surface area contributed by atoms with Gasteiger partial charge in [0.2, 0.25) is 0 Å². The number of benzene rings is 2. The fourth-order valence-electron chi connectivity index (χ4n) is 2.56. The van der Waals surface area contributed by atoms with Crippen LogP contribution in [0.4, 0.5) is 4.79 Å². The second-order valence-corrected chi connectivity index (χ2v) is 5.50. The molecule has 23 heavy (non-hydrogen) atoms. The van der Waals surface area contributed by atoms with E-state index in [0.717, 1.165) is 12.0 Å². The minimum Gasteiger partial charge on any atom is -0.396 e. The second-order valence-electron chi connectivity index (χ2n) is 5.50. The normalized spacial score (nSPS) is 11.7. The van der Waals surface area contributed by atoms with Crippen LogP contribution in [0.2, 0.25) is 0 Å². The van der Waals surface area contributed by atoms with Crippen LogP contribution in [0.1, 0.15) is 29.9 Å². The SMILES string of the molecule is O=C(NCCC(CCO)c1ccccc1)NCc1ccccc1. The molecular weight excluding hydrogens is 288 g/mol. The molecule has 0 saturated heterocycles. The predicted octanol–water partition coefficient (Wildman–Crippen LogP) is 3.04. The molecule has 2 aromatic carbocycles.